The van der Waals surface area contributed by atoms with E-state index in [-0.39, 0.29) is 0 Å². The minimum absolute atomic E-state index is 0.414. The maximum absolute atomic E-state index is 5.86. The lowest BCUT2D eigenvalue weighted by atomic mass is 9.97. The SMILES string of the molecule is COc1ccc2cnc(CN)c(-c3ccccc3)c2c1. The quantitative estimate of drug-likeness (QED) is 0.789. The van der Waals surface area contributed by atoms with E-state index in [0.717, 1.165) is 33.3 Å². The van der Waals surface area contributed by atoms with Crippen LogP contribution in [0.15, 0.2) is 54.7 Å². The summed E-state index contributed by atoms with van der Waals surface area (Å²) >= 11 is 0. The third kappa shape index (κ3) is 2.12. The predicted octanol–water partition coefficient (Wildman–Crippen LogP) is 3.37. The summed E-state index contributed by atoms with van der Waals surface area (Å²) in [5.41, 5.74) is 8.97. The molecule has 0 unspecified atom stereocenters. The lowest BCUT2D eigenvalue weighted by Crippen LogP contribution is -2.02. The maximum Gasteiger partial charge on any atom is 0.119 e. The van der Waals surface area contributed by atoms with E-state index in [4.69, 9.17) is 10.5 Å². The zero-order chi connectivity index (χ0) is 13.9. The van der Waals surface area contributed by atoms with E-state index in [1.807, 2.05) is 42.6 Å². The van der Waals surface area contributed by atoms with Gasteiger partial charge in [0.2, 0.25) is 0 Å². The van der Waals surface area contributed by atoms with Crippen molar-refractivity contribution in [3.05, 3.63) is 60.4 Å². The molecule has 3 rings (SSSR count). The first-order valence-electron chi connectivity index (χ1n) is 6.54. The van der Waals surface area contributed by atoms with Gasteiger partial charge in [-0.05, 0) is 29.1 Å². The van der Waals surface area contributed by atoms with Crippen molar-refractivity contribution < 1.29 is 4.74 Å². The number of hydrogen-bond donors (Lipinski definition) is 1. The minimum Gasteiger partial charge on any atom is -0.497 e. The summed E-state index contributed by atoms with van der Waals surface area (Å²) in [5, 5.41) is 2.20. The van der Waals surface area contributed by atoms with Crippen LogP contribution in [0.5, 0.6) is 5.75 Å². The van der Waals surface area contributed by atoms with Gasteiger partial charge >= 0.3 is 0 Å². The molecule has 3 aromatic rings. The second-order valence-corrected chi connectivity index (χ2v) is 4.60. The Morgan fingerprint density at radius 1 is 1.10 bits per heavy atom. The molecule has 2 N–H and O–H groups in total. The van der Waals surface area contributed by atoms with E-state index in [0.29, 0.717) is 6.54 Å². The molecule has 0 atom stereocenters. The van der Waals surface area contributed by atoms with Gasteiger partial charge in [0.1, 0.15) is 5.75 Å². The number of nitrogens with two attached hydrogens (primary N) is 1. The summed E-state index contributed by atoms with van der Waals surface area (Å²) < 4.78 is 5.34. The predicted molar refractivity (Wildman–Crippen MR) is 81.6 cm³/mol. The number of ether oxygens (including phenoxy) is 1. The number of aromatic nitrogens is 1. The Kier molecular flexibility index (Phi) is 3.35. The fourth-order valence-electron chi connectivity index (χ4n) is 2.44. The first-order chi connectivity index (χ1) is 9.83. The van der Waals surface area contributed by atoms with Crippen LogP contribution in [0.4, 0.5) is 0 Å². The fourth-order valence-corrected chi connectivity index (χ4v) is 2.44. The van der Waals surface area contributed by atoms with Crippen molar-refractivity contribution in [3.63, 3.8) is 0 Å². The third-order valence-corrected chi connectivity index (χ3v) is 3.43. The monoisotopic (exact) mass is 264 g/mol. The van der Waals surface area contributed by atoms with E-state index < -0.39 is 0 Å². The molecule has 0 saturated carbocycles. The molecule has 0 saturated heterocycles. The van der Waals surface area contributed by atoms with Crippen molar-refractivity contribution in [2.45, 2.75) is 6.54 Å². The number of hydrogen-bond acceptors (Lipinski definition) is 3. The first kappa shape index (κ1) is 12.6. The highest BCUT2D eigenvalue weighted by molar-refractivity contribution is 5.98. The molecule has 20 heavy (non-hydrogen) atoms. The molecule has 0 bridgehead atoms. The molecule has 0 aliphatic carbocycles. The van der Waals surface area contributed by atoms with Gasteiger partial charge in [0.15, 0.2) is 0 Å². The van der Waals surface area contributed by atoms with Crippen LogP contribution in [0, 0.1) is 0 Å². The van der Waals surface area contributed by atoms with Gasteiger partial charge in [-0.25, -0.2) is 0 Å². The maximum atomic E-state index is 5.86. The Labute approximate surface area is 118 Å². The highest BCUT2D eigenvalue weighted by Gasteiger charge is 2.11. The Morgan fingerprint density at radius 3 is 2.60 bits per heavy atom. The van der Waals surface area contributed by atoms with E-state index in [1.165, 1.54) is 0 Å². The number of benzene rings is 2. The number of fused-ring (bicyclic) bond motifs is 1. The van der Waals surface area contributed by atoms with Gasteiger partial charge in [0, 0.05) is 23.7 Å². The van der Waals surface area contributed by atoms with Crippen LogP contribution in [0.1, 0.15) is 5.69 Å². The first-order valence-corrected chi connectivity index (χ1v) is 6.54. The van der Waals surface area contributed by atoms with E-state index in [2.05, 4.69) is 17.1 Å². The van der Waals surface area contributed by atoms with Crippen LogP contribution in [0.2, 0.25) is 0 Å². The molecule has 1 aromatic heterocycles. The summed E-state index contributed by atoms with van der Waals surface area (Å²) in [6, 6.07) is 16.2. The number of pyridine rings is 1. The topological polar surface area (TPSA) is 48.1 Å². The summed E-state index contributed by atoms with van der Waals surface area (Å²) in [5.74, 6) is 0.837. The summed E-state index contributed by atoms with van der Waals surface area (Å²) in [6.07, 6.45) is 1.86. The molecule has 0 fully saturated rings. The van der Waals surface area contributed by atoms with Crippen molar-refractivity contribution in [3.8, 4) is 16.9 Å². The van der Waals surface area contributed by atoms with Gasteiger partial charge in [-0.15, -0.1) is 0 Å². The molecule has 0 radical (unpaired) electrons. The fraction of sp³-hybridized carbons (Fsp3) is 0.118. The van der Waals surface area contributed by atoms with Crippen LogP contribution in [-0.2, 0) is 6.54 Å². The second-order valence-electron chi connectivity index (χ2n) is 4.60. The number of rotatable bonds is 3. The van der Waals surface area contributed by atoms with E-state index in [9.17, 15) is 0 Å². The standard InChI is InChI=1S/C17H16N2O/c1-20-14-8-7-13-11-19-16(10-18)17(15(13)9-14)12-5-3-2-4-6-12/h2-9,11H,10,18H2,1H3. The summed E-state index contributed by atoms with van der Waals surface area (Å²) in [6.45, 7) is 0.414. The van der Waals surface area contributed by atoms with E-state index in [1.54, 1.807) is 7.11 Å². The number of nitrogens with zero attached hydrogens (tertiary/aromatic N) is 1. The molecule has 1 heterocycles. The lowest BCUT2D eigenvalue weighted by Gasteiger charge is -2.12. The highest BCUT2D eigenvalue weighted by Crippen LogP contribution is 2.32. The van der Waals surface area contributed by atoms with Gasteiger partial charge in [-0.2, -0.15) is 0 Å². The van der Waals surface area contributed by atoms with Crippen molar-refractivity contribution in [1.82, 2.24) is 4.98 Å². The van der Waals surface area contributed by atoms with Gasteiger partial charge < -0.3 is 10.5 Å². The van der Waals surface area contributed by atoms with Crippen LogP contribution in [-0.4, -0.2) is 12.1 Å². The zero-order valence-corrected chi connectivity index (χ0v) is 11.3. The van der Waals surface area contributed by atoms with Crippen LogP contribution in [0.3, 0.4) is 0 Å². The van der Waals surface area contributed by atoms with Crippen molar-refractivity contribution in [2.75, 3.05) is 7.11 Å². The molecule has 0 aliphatic rings. The molecule has 0 aliphatic heterocycles. The van der Waals surface area contributed by atoms with Crippen LogP contribution >= 0.6 is 0 Å². The Bertz CT molecular complexity index is 733. The van der Waals surface area contributed by atoms with Crippen molar-refractivity contribution in [2.24, 2.45) is 5.73 Å². The average molecular weight is 264 g/mol. The number of methoxy groups -OCH3 is 1. The van der Waals surface area contributed by atoms with Crippen molar-refractivity contribution in [1.29, 1.82) is 0 Å². The summed E-state index contributed by atoms with van der Waals surface area (Å²) in [7, 11) is 1.67. The molecular formula is C17H16N2O. The smallest absolute Gasteiger partial charge is 0.119 e. The van der Waals surface area contributed by atoms with Crippen molar-refractivity contribution >= 4 is 10.8 Å². The third-order valence-electron chi connectivity index (χ3n) is 3.43. The second kappa shape index (κ2) is 5.31. The highest BCUT2D eigenvalue weighted by atomic mass is 16.5. The van der Waals surface area contributed by atoms with Gasteiger partial charge in [-0.3, -0.25) is 4.98 Å². The lowest BCUT2D eigenvalue weighted by molar-refractivity contribution is 0.415. The molecule has 2 aromatic carbocycles. The van der Waals surface area contributed by atoms with Gasteiger partial charge in [0.25, 0.3) is 0 Å². The minimum atomic E-state index is 0.414. The van der Waals surface area contributed by atoms with Gasteiger partial charge in [-0.1, -0.05) is 30.3 Å². The summed E-state index contributed by atoms with van der Waals surface area (Å²) in [4.78, 5) is 4.49. The zero-order valence-electron chi connectivity index (χ0n) is 11.3. The molecule has 0 amide bonds. The molecular weight excluding hydrogens is 248 g/mol. The molecule has 3 nitrogen and oxygen atoms in total. The normalized spacial score (nSPS) is 10.7. The molecule has 100 valence electrons. The van der Waals surface area contributed by atoms with E-state index >= 15 is 0 Å². The van der Waals surface area contributed by atoms with Crippen LogP contribution < -0.4 is 10.5 Å². The average Bonchev–Trinajstić information content (AvgIpc) is 2.53. The molecule has 0 spiro atoms. The van der Waals surface area contributed by atoms with Gasteiger partial charge in [0.05, 0.1) is 12.8 Å². The Hall–Kier alpha value is -2.39. The molecule has 3 heteroatoms. The Morgan fingerprint density at radius 2 is 1.90 bits per heavy atom. The largest absolute Gasteiger partial charge is 0.497 e. The Balaban J connectivity index is 2.36. The van der Waals surface area contributed by atoms with Crippen LogP contribution in [0.25, 0.3) is 21.9 Å².